The number of tetrazole rings is 1. The number of amides is 1. The maximum Gasteiger partial charge on any atom is 0.230 e. The highest BCUT2D eigenvalue weighted by Crippen LogP contribution is 2.34. The second-order valence-electron chi connectivity index (χ2n) is 3.86. The van der Waals surface area contributed by atoms with Crippen LogP contribution in [0.3, 0.4) is 0 Å². The van der Waals surface area contributed by atoms with Crippen LogP contribution in [-0.2, 0) is 10.5 Å². The van der Waals surface area contributed by atoms with Gasteiger partial charge >= 0.3 is 0 Å². The van der Waals surface area contributed by atoms with Gasteiger partial charge in [0.2, 0.25) is 5.91 Å². The fraction of sp³-hybridized carbons (Fsp3) is 0.600. The van der Waals surface area contributed by atoms with Crippen LogP contribution < -0.4 is 5.32 Å². The van der Waals surface area contributed by atoms with E-state index in [-0.39, 0.29) is 5.91 Å². The van der Waals surface area contributed by atoms with Gasteiger partial charge in [0.05, 0.1) is 17.5 Å². The Morgan fingerprint density at radius 2 is 2.47 bits per heavy atom. The molecule has 1 N–H and O–H groups in total. The average molecular weight is 253 g/mol. The van der Waals surface area contributed by atoms with Gasteiger partial charge in [0.15, 0.2) is 5.82 Å². The molecular weight excluding hydrogens is 238 g/mol. The van der Waals surface area contributed by atoms with Crippen molar-refractivity contribution in [1.29, 1.82) is 0 Å². The summed E-state index contributed by atoms with van der Waals surface area (Å²) in [6.45, 7) is 4.05. The Hall–Kier alpha value is -1.37. The van der Waals surface area contributed by atoms with Gasteiger partial charge in [0.25, 0.3) is 0 Å². The summed E-state index contributed by atoms with van der Waals surface area (Å²) >= 11 is 1.52. The van der Waals surface area contributed by atoms with Crippen molar-refractivity contribution in [3.05, 3.63) is 18.5 Å². The molecule has 0 aliphatic heterocycles. The standard InChI is InChI=1S/C10H15N5OS/c1-2-5-11-10(16)7-17-6-9-12-13-14-15(9)8-3-4-8/h2,8H,1,3-7H2,(H,11,16). The Bertz CT molecular complexity index is 401. The van der Waals surface area contributed by atoms with Gasteiger partial charge in [0, 0.05) is 6.54 Å². The zero-order chi connectivity index (χ0) is 12.1. The summed E-state index contributed by atoms with van der Waals surface area (Å²) in [6.07, 6.45) is 3.97. The zero-order valence-corrected chi connectivity index (χ0v) is 10.3. The molecule has 1 fully saturated rings. The predicted molar refractivity (Wildman–Crippen MR) is 65.5 cm³/mol. The molecule has 0 saturated heterocycles. The Kier molecular flexibility index (Phi) is 4.13. The van der Waals surface area contributed by atoms with Crippen molar-refractivity contribution >= 4 is 17.7 Å². The van der Waals surface area contributed by atoms with Gasteiger partial charge in [-0.05, 0) is 23.3 Å². The van der Waals surface area contributed by atoms with Crippen LogP contribution in [0.1, 0.15) is 24.7 Å². The molecule has 1 aromatic heterocycles. The van der Waals surface area contributed by atoms with Gasteiger partial charge < -0.3 is 5.32 Å². The Morgan fingerprint density at radius 1 is 1.65 bits per heavy atom. The number of carbonyl (C=O) groups is 1. The van der Waals surface area contributed by atoms with Crippen molar-refractivity contribution in [2.45, 2.75) is 24.6 Å². The summed E-state index contributed by atoms with van der Waals surface area (Å²) in [4.78, 5) is 11.3. The molecule has 17 heavy (non-hydrogen) atoms. The van der Waals surface area contributed by atoms with Crippen molar-refractivity contribution in [1.82, 2.24) is 25.5 Å². The number of nitrogens with zero attached hydrogens (tertiary/aromatic N) is 4. The van der Waals surface area contributed by atoms with E-state index in [0.29, 0.717) is 24.1 Å². The first kappa shape index (κ1) is 12.1. The highest BCUT2D eigenvalue weighted by atomic mass is 32.2. The SMILES string of the molecule is C=CCNC(=O)CSCc1nnnn1C1CC1. The molecule has 0 aromatic carbocycles. The van der Waals surface area contributed by atoms with E-state index in [1.165, 1.54) is 11.8 Å². The molecule has 1 amide bonds. The lowest BCUT2D eigenvalue weighted by atomic mass is 10.6. The van der Waals surface area contributed by atoms with Gasteiger partial charge in [-0.15, -0.1) is 23.4 Å². The summed E-state index contributed by atoms with van der Waals surface area (Å²) in [5.41, 5.74) is 0. The van der Waals surface area contributed by atoms with E-state index in [1.807, 2.05) is 4.68 Å². The third-order valence-corrected chi connectivity index (χ3v) is 3.29. The van der Waals surface area contributed by atoms with Crippen molar-refractivity contribution in [3.8, 4) is 0 Å². The maximum atomic E-state index is 11.3. The van der Waals surface area contributed by atoms with Crippen LogP contribution in [0.15, 0.2) is 12.7 Å². The van der Waals surface area contributed by atoms with E-state index in [0.717, 1.165) is 18.7 Å². The largest absolute Gasteiger partial charge is 0.352 e. The first-order chi connectivity index (χ1) is 8.31. The van der Waals surface area contributed by atoms with Crippen LogP contribution >= 0.6 is 11.8 Å². The normalized spacial score (nSPS) is 14.6. The third-order valence-electron chi connectivity index (χ3n) is 2.36. The van der Waals surface area contributed by atoms with E-state index in [1.54, 1.807) is 6.08 Å². The molecule has 2 rings (SSSR count). The number of carbonyl (C=O) groups excluding carboxylic acids is 1. The van der Waals surface area contributed by atoms with E-state index in [2.05, 4.69) is 27.4 Å². The second-order valence-corrected chi connectivity index (χ2v) is 4.84. The van der Waals surface area contributed by atoms with E-state index in [4.69, 9.17) is 0 Å². The monoisotopic (exact) mass is 253 g/mol. The first-order valence-electron chi connectivity index (χ1n) is 5.53. The fourth-order valence-corrected chi connectivity index (χ4v) is 2.14. The molecule has 0 unspecified atom stereocenters. The molecule has 1 heterocycles. The van der Waals surface area contributed by atoms with Crippen molar-refractivity contribution < 1.29 is 4.79 Å². The molecule has 1 aliphatic carbocycles. The number of aromatic nitrogens is 4. The van der Waals surface area contributed by atoms with Crippen molar-refractivity contribution in [2.75, 3.05) is 12.3 Å². The number of thioether (sulfide) groups is 1. The fourth-order valence-electron chi connectivity index (χ4n) is 1.38. The molecule has 6 nitrogen and oxygen atoms in total. The van der Waals surface area contributed by atoms with Gasteiger partial charge in [-0.3, -0.25) is 4.79 Å². The van der Waals surface area contributed by atoms with Crippen LogP contribution in [0.25, 0.3) is 0 Å². The maximum absolute atomic E-state index is 11.3. The summed E-state index contributed by atoms with van der Waals surface area (Å²) in [6, 6.07) is 0.482. The quantitative estimate of drug-likeness (QED) is 0.718. The molecule has 92 valence electrons. The molecule has 0 spiro atoms. The lowest BCUT2D eigenvalue weighted by Crippen LogP contribution is -2.25. The van der Waals surface area contributed by atoms with Crippen molar-refractivity contribution in [3.63, 3.8) is 0 Å². The summed E-state index contributed by atoms with van der Waals surface area (Å²) < 4.78 is 1.87. The van der Waals surface area contributed by atoms with Crippen LogP contribution in [-0.4, -0.2) is 38.4 Å². The molecule has 1 saturated carbocycles. The number of nitrogens with one attached hydrogen (secondary N) is 1. The molecule has 7 heteroatoms. The highest BCUT2D eigenvalue weighted by molar-refractivity contribution is 7.99. The predicted octanol–water partition coefficient (Wildman–Crippen LogP) is 0.543. The zero-order valence-electron chi connectivity index (χ0n) is 9.50. The Balaban J connectivity index is 1.72. The Labute approximate surface area is 104 Å². The number of rotatable bonds is 7. The Morgan fingerprint density at radius 3 is 3.18 bits per heavy atom. The summed E-state index contributed by atoms with van der Waals surface area (Å²) in [5, 5.41) is 14.3. The van der Waals surface area contributed by atoms with Gasteiger partial charge in [-0.1, -0.05) is 6.08 Å². The smallest absolute Gasteiger partial charge is 0.230 e. The minimum Gasteiger partial charge on any atom is -0.352 e. The van der Waals surface area contributed by atoms with Crippen LogP contribution in [0, 0.1) is 0 Å². The second kappa shape index (κ2) is 5.81. The molecule has 1 aromatic rings. The van der Waals surface area contributed by atoms with Crippen molar-refractivity contribution in [2.24, 2.45) is 0 Å². The minimum atomic E-state index is 0.0142. The minimum absolute atomic E-state index is 0.0142. The lowest BCUT2D eigenvalue weighted by Gasteiger charge is -2.03. The average Bonchev–Trinajstić information content (AvgIpc) is 3.07. The lowest BCUT2D eigenvalue weighted by molar-refractivity contribution is -0.118. The van der Waals surface area contributed by atoms with Gasteiger partial charge in [-0.2, -0.15) is 0 Å². The topological polar surface area (TPSA) is 72.7 Å². The molecular formula is C10H15N5OS. The summed E-state index contributed by atoms with van der Waals surface area (Å²) in [7, 11) is 0. The highest BCUT2D eigenvalue weighted by Gasteiger charge is 2.27. The number of hydrogen-bond donors (Lipinski definition) is 1. The van der Waals surface area contributed by atoms with E-state index in [9.17, 15) is 4.79 Å². The van der Waals surface area contributed by atoms with Crippen LogP contribution in [0.5, 0.6) is 0 Å². The van der Waals surface area contributed by atoms with Gasteiger partial charge in [-0.25, -0.2) is 4.68 Å². The number of hydrogen-bond acceptors (Lipinski definition) is 5. The van der Waals surface area contributed by atoms with E-state index >= 15 is 0 Å². The first-order valence-corrected chi connectivity index (χ1v) is 6.69. The molecule has 1 aliphatic rings. The summed E-state index contributed by atoms with van der Waals surface area (Å²) in [5.74, 6) is 1.96. The molecule has 0 bridgehead atoms. The third kappa shape index (κ3) is 3.55. The van der Waals surface area contributed by atoms with Crippen LogP contribution in [0.4, 0.5) is 0 Å². The van der Waals surface area contributed by atoms with E-state index < -0.39 is 0 Å². The molecule has 0 radical (unpaired) electrons. The van der Waals surface area contributed by atoms with Gasteiger partial charge in [0.1, 0.15) is 0 Å². The molecule has 0 atom stereocenters. The van der Waals surface area contributed by atoms with Crippen LogP contribution in [0.2, 0.25) is 0 Å².